The summed E-state index contributed by atoms with van der Waals surface area (Å²) in [6.07, 6.45) is 24.5. The van der Waals surface area contributed by atoms with Gasteiger partial charge in [-0.2, -0.15) is 25.3 Å². The summed E-state index contributed by atoms with van der Waals surface area (Å²) in [5.74, 6) is -9.84. The van der Waals surface area contributed by atoms with Gasteiger partial charge in [0.25, 0.3) is 10.1 Å². The van der Waals surface area contributed by atoms with E-state index in [1.165, 1.54) is 0 Å². The molecule has 0 aliphatic heterocycles. The Morgan fingerprint density at radius 3 is 0.838 bits per heavy atom. The second-order valence-corrected chi connectivity index (χ2v) is 24.2. The molecular formula is C52H94O19S3. The number of hydrogen-bond donors (Lipinski definition) is 1. The van der Waals surface area contributed by atoms with E-state index in [0.717, 1.165) is 154 Å². The molecule has 1 N–H and O–H groups in total. The monoisotopic (exact) mass is 1120 g/mol. The summed E-state index contributed by atoms with van der Waals surface area (Å²) in [5.41, 5.74) is 0. The molecule has 0 aromatic carbocycles. The van der Waals surface area contributed by atoms with Gasteiger partial charge in [0.15, 0.2) is 5.25 Å². The van der Waals surface area contributed by atoms with Gasteiger partial charge in [-0.05, 0) is 25.7 Å². The molecule has 0 amide bonds. The molecule has 22 heteroatoms. The summed E-state index contributed by atoms with van der Waals surface area (Å²) < 4.78 is 119. The standard InChI is InChI=1S/C52H94O19S3/c1-5-9-13-17-21-25-29-33-37-66-47(53)42-45(50(56)68-39-35-31-27-23-19-15-11-7-3)73(62,63)70-49(55)41-44(72(59,60)61)52(58)71-74(64,65)46(51(57)69-40-36-32-28-24-20-16-12-8-4)43-48(54)67-38-34-30-26-22-18-14-10-6-2/h44-46H,5-43H2,1-4H3,(H,59,60,61). The van der Waals surface area contributed by atoms with Crippen molar-refractivity contribution in [2.75, 3.05) is 26.4 Å². The summed E-state index contributed by atoms with van der Waals surface area (Å²) in [6.45, 7) is 7.65. The molecule has 0 rings (SSSR count). The van der Waals surface area contributed by atoms with Gasteiger partial charge in [-0.1, -0.05) is 207 Å². The van der Waals surface area contributed by atoms with E-state index < -0.39 is 101 Å². The molecule has 434 valence electrons. The summed E-state index contributed by atoms with van der Waals surface area (Å²) in [6, 6.07) is 0. The summed E-state index contributed by atoms with van der Waals surface area (Å²) in [4.78, 5) is 78.6. The molecule has 3 atom stereocenters. The third-order valence-corrected chi connectivity index (χ3v) is 16.3. The van der Waals surface area contributed by atoms with Crippen molar-refractivity contribution >= 4 is 66.2 Å². The van der Waals surface area contributed by atoms with Crippen LogP contribution in [0.3, 0.4) is 0 Å². The van der Waals surface area contributed by atoms with Gasteiger partial charge >= 0.3 is 56.1 Å². The summed E-state index contributed by atoms with van der Waals surface area (Å²) in [5, 5.41) is -8.25. The predicted molar refractivity (Wildman–Crippen MR) is 281 cm³/mol. The molecule has 0 heterocycles. The molecule has 0 spiro atoms. The predicted octanol–water partition coefficient (Wildman–Crippen LogP) is 10.6. The van der Waals surface area contributed by atoms with Crippen LogP contribution in [0, 0.1) is 0 Å². The van der Waals surface area contributed by atoms with Gasteiger partial charge in [-0.15, -0.1) is 0 Å². The van der Waals surface area contributed by atoms with Crippen molar-refractivity contribution in [3.05, 3.63) is 0 Å². The van der Waals surface area contributed by atoms with Gasteiger partial charge in [-0.25, -0.2) is 4.79 Å². The van der Waals surface area contributed by atoms with Crippen molar-refractivity contribution in [2.24, 2.45) is 0 Å². The summed E-state index contributed by atoms with van der Waals surface area (Å²) in [7, 11) is -17.0. The number of rotatable bonds is 50. The van der Waals surface area contributed by atoms with Crippen LogP contribution in [0.15, 0.2) is 0 Å². The second-order valence-electron chi connectivity index (χ2n) is 19.1. The highest BCUT2D eigenvalue weighted by molar-refractivity contribution is 7.89. The van der Waals surface area contributed by atoms with Crippen LogP contribution in [-0.2, 0) is 86.4 Å². The number of hydrogen-bond acceptors (Lipinski definition) is 18. The van der Waals surface area contributed by atoms with E-state index >= 15 is 0 Å². The number of unbranched alkanes of at least 4 members (excludes halogenated alkanes) is 28. The molecule has 0 radical (unpaired) electrons. The fourth-order valence-electron chi connectivity index (χ4n) is 7.78. The Bertz CT molecular complexity index is 1890. The third kappa shape index (κ3) is 36.6. The highest BCUT2D eigenvalue weighted by Crippen LogP contribution is 2.21. The maximum atomic E-state index is 13.6. The minimum absolute atomic E-state index is 0.104. The SMILES string of the molecule is CCCCCCCCCCOC(=O)CC(C(=O)OCCCCCCCCCC)S(=O)(=O)OC(=O)CC(C(=O)OS(=O)(=O)C(CC(=O)OCCCCCCCCCC)C(=O)OCCCCCCCCCC)S(=O)(=O)O. The topological polar surface area (TPSA) is 280 Å². The largest absolute Gasteiger partial charge is 0.466 e. The molecule has 0 aromatic rings. The molecule has 0 saturated carbocycles. The normalized spacial score (nSPS) is 13.1. The van der Waals surface area contributed by atoms with Crippen LogP contribution in [-0.4, -0.2) is 108 Å². The van der Waals surface area contributed by atoms with Gasteiger partial charge in [0, 0.05) is 0 Å². The van der Waals surface area contributed by atoms with E-state index in [9.17, 15) is 58.6 Å². The van der Waals surface area contributed by atoms with Crippen LogP contribution in [0.5, 0.6) is 0 Å². The number of ether oxygens (including phenoxy) is 4. The lowest BCUT2D eigenvalue weighted by molar-refractivity contribution is -0.150. The highest BCUT2D eigenvalue weighted by Gasteiger charge is 2.46. The van der Waals surface area contributed by atoms with Gasteiger partial charge in [-0.3, -0.25) is 28.5 Å². The van der Waals surface area contributed by atoms with Crippen molar-refractivity contribution in [3.63, 3.8) is 0 Å². The van der Waals surface area contributed by atoms with Crippen LogP contribution in [0.1, 0.15) is 252 Å². The van der Waals surface area contributed by atoms with Crippen LogP contribution < -0.4 is 0 Å². The number of esters is 4. The van der Waals surface area contributed by atoms with Crippen LogP contribution in [0.4, 0.5) is 0 Å². The van der Waals surface area contributed by atoms with E-state index in [0.29, 0.717) is 51.4 Å². The Morgan fingerprint density at radius 2 is 0.554 bits per heavy atom. The van der Waals surface area contributed by atoms with E-state index in [1.807, 2.05) is 0 Å². The first kappa shape index (κ1) is 70.6. The molecule has 0 aromatic heterocycles. The zero-order chi connectivity index (χ0) is 55.5. The molecule has 0 aliphatic rings. The van der Waals surface area contributed by atoms with Crippen molar-refractivity contribution in [1.82, 2.24) is 0 Å². The van der Waals surface area contributed by atoms with Crippen LogP contribution >= 0.6 is 0 Å². The molecule has 0 aliphatic carbocycles. The minimum Gasteiger partial charge on any atom is -0.466 e. The maximum absolute atomic E-state index is 13.6. The molecule has 0 bridgehead atoms. The Morgan fingerprint density at radius 1 is 0.311 bits per heavy atom. The van der Waals surface area contributed by atoms with Crippen molar-refractivity contribution in [1.29, 1.82) is 0 Å². The van der Waals surface area contributed by atoms with Gasteiger partial charge in [0.2, 0.25) is 10.5 Å². The quantitative estimate of drug-likeness (QED) is 0.0195. The molecule has 74 heavy (non-hydrogen) atoms. The lowest BCUT2D eigenvalue weighted by Gasteiger charge is -2.19. The first-order chi connectivity index (χ1) is 35.3. The van der Waals surface area contributed by atoms with E-state index in [4.69, 9.17) is 18.9 Å². The fraction of sp³-hybridized carbons (Fsp3) is 0.885. The first-order valence-electron chi connectivity index (χ1n) is 27.8. The van der Waals surface area contributed by atoms with E-state index in [1.54, 1.807) is 0 Å². The fourth-order valence-corrected chi connectivity index (χ4v) is 10.7. The van der Waals surface area contributed by atoms with Crippen molar-refractivity contribution in [3.8, 4) is 0 Å². The van der Waals surface area contributed by atoms with Gasteiger partial charge in [0.1, 0.15) is 0 Å². The first-order valence-corrected chi connectivity index (χ1v) is 32.3. The second kappa shape index (κ2) is 43.7. The lowest BCUT2D eigenvalue weighted by Crippen LogP contribution is -2.42. The Kier molecular flexibility index (Phi) is 41.7. The van der Waals surface area contributed by atoms with Crippen LogP contribution in [0.25, 0.3) is 0 Å². The molecule has 0 fully saturated rings. The zero-order valence-electron chi connectivity index (χ0n) is 45.3. The highest BCUT2D eigenvalue weighted by atomic mass is 32.2. The molecule has 3 unspecified atom stereocenters. The van der Waals surface area contributed by atoms with Gasteiger partial charge in [0.05, 0.1) is 45.7 Å². The Labute approximate surface area is 444 Å². The van der Waals surface area contributed by atoms with Crippen molar-refractivity contribution < 1.29 is 85.9 Å². The molecular weight excluding hydrogens is 1020 g/mol. The average molecular weight is 1120 g/mol. The van der Waals surface area contributed by atoms with E-state index in [-0.39, 0.29) is 26.4 Å². The molecule has 19 nitrogen and oxygen atoms in total. The minimum atomic E-state index is -5.83. The van der Waals surface area contributed by atoms with E-state index in [2.05, 4.69) is 36.1 Å². The zero-order valence-corrected chi connectivity index (χ0v) is 47.8. The maximum Gasteiger partial charge on any atom is 0.343 e. The Hall–Kier alpha value is -3.37. The lowest BCUT2D eigenvalue weighted by atomic mass is 10.1. The van der Waals surface area contributed by atoms with Crippen LogP contribution in [0.2, 0.25) is 0 Å². The van der Waals surface area contributed by atoms with Gasteiger partial charge < -0.3 is 27.3 Å². The molecule has 0 saturated heterocycles. The summed E-state index contributed by atoms with van der Waals surface area (Å²) >= 11 is 0. The third-order valence-electron chi connectivity index (χ3n) is 12.3. The number of carbonyl (C=O) groups is 6. The smallest absolute Gasteiger partial charge is 0.343 e. The number of carbonyl (C=O) groups excluding carboxylic acids is 6. The Balaban J connectivity index is 6.11. The van der Waals surface area contributed by atoms with Crippen molar-refractivity contribution in [2.45, 2.75) is 268 Å². The average Bonchev–Trinajstić information content (AvgIpc) is 3.33.